The molecule has 1 N–H and O–H groups in total. The second kappa shape index (κ2) is 9.02. The van der Waals surface area contributed by atoms with Crippen molar-refractivity contribution < 1.29 is 32.2 Å². The Morgan fingerprint density at radius 2 is 2.00 bits per heavy atom. The Morgan fingerprint density at radius 1 is 1.23 bits per heavy atom. The average molecular weight is 436 g/mol. The van der Waals surface area contributed by atoms with Crippen LogP contribution in [0.4, 0.5) is 18.9 Å². The predicted molar refractivity (Wildman–Crippen MR) is 105 cm³/mol. The number of halogens is 3. The normalized spacial score (nSPS) is 11.4. The van der Waals surface area contributed by atoms with E-state index in [1.807, 2.05) is 0 Å². The van der Waals surface area contributed by atoms with E-state index in [0.29, 0.717) is 29.8 Å². The van der Waals surface area contributed by atoms with E-state index in [-0.39, 0.29) is 18.0 Å². The summed E-state index contributed by atoms with van der Waals surface area (Å²) in [7, 11) is 0. The van der Waals surface area contributed by atoms with E-state index >= 15 is 0 Å². The summed E-state index contributed by atoms with van der Waals surface area (Å²) >= 11 is 0. The number of rotatable bonds is 7. The summed E-state index contributed by atoms with van der Waals surface area (Å²) in [6.07, 6.45) is -2.97. The second-order valence-electron chi connectivity index (χ2n) is 6.43. The summed E-state index contributed by atoms with van der Waals surface area (Å²) in [5.41, 5.74) is -0.705. The Bertz CT molecular complexity index is 1110. The highest BCUT2D eigenvalue weighted by molar-refractivity contribution is 6.05. The summed E-state index contributed by atoms with van der Waals surface area (Å²) in [4.78, 5) is 26.8. The Balaban J connectivity index is 1.87. The number of esters is 1. The SMILES string of the molecule is CCOc1cc2nn(CCOC(C)=O)cc2cc1NC(=O)c1cccc(C(F)(F)F)n1. The number of hydrogen-bond donors (Lipinski definition) is 1. The number of benzene rings is 1. The zero-order valence-electron chi connectivity index (χ0n) is 16.7. The number of hydrogen-bond acceptors (Lipinski definition) is 6. The lowest BCUT2D eigenvalue weighted by atomic mass is 10.2. The third-order valence-electron chi connectivity index (χ3n) is 4.10. The highest BCUT2D eigenvalue weighted by atomic mass is 19.4. The number of amides is 1. The molecule has 31 heavy (non-hydrogen) atoms. The molecule has 8 nitrogen and oxygen atoms in total. The lowest BCUT2D eigenvalue weighted by molar-refractivity contribution is -0.142. The van der Waals surface area contributed by atoms with Gasteiger partial charge in [-0.1, -0.05) is 6.07 Å². The van der Waals surface area contributed by atoms with E-state index in [9.17, 15) is 22.8 Å². The van der Waals surface area contributed by atoms with Crippen LogP contribution in [0.5, 0.6) is 5.75 Å². The summed E-state index contributed by atoms with van der Waals surface area (Å²) in [5, 5.41) is 7.57. The van der Waals surface area contributed by atoms with Gasteiger partial charge in [0.15, 0.2) is 0 Å². The van der Waals surface area contributed by atoms with Crippen molar-refractivity contribution in [3.63, 3.8) is 0 Å². The van der Waals surface area contributed by atoms with Crippen molar-refractivity contribution in [1.82, 2.24) is 14.8 Å². The first-order valence-electron chi connectivity index (χ1n) is 9.30. The molecule has 0 spiro atoms. The molecule has 164 valence electrons. The van der Waals surface area contributed by atoms with Crippen molar-refractivity contribution in [2.75, 3.05) is 18.5 Å². The molecule has 0 saturated heterocycles. The molecular formula is C20H19F3N4O4. The van der Waals surface area contributed by atoms with Crippen LogP contribution in [0.2, 0.25) is 0 Å². The summed E-state index contributed by atoms with van der Waals surface area (Å²) in [5.74, 6) is -0.905. The zero-order chi connectivity index (χ0) is 22.6. The van der Waals surface area contributed by atoms with Crippen molar-refractivity contribution in [2.24, 2.45) is 0 Å². The summed E-state index contributed by atoms with van der Waals surface area (Å²) < 4.78 is 50.7. The lowest BCUT2D eigenvalue weighted by Crippen LogP contribution is -2.17. The van der Waals surface area contributed by atoms with Crippen molar-refractivity contribution >= 4 is 28.5 Å². The van der Waals surface area contributed by atoms with Gasteiger partial charge < -0.3 is 14.8 Å². The minimum Gasteiger partial charge on any atom is -0.492 e. The highest BCUT2D eigenvalue weighted by Crippen LogP contribution is 2.31. The Labute approximate surface area is 175 Å². The zero-order valence-corrected chi connectivity index (χ0v) is 16.7. The van der Waals surface area contributed by atoms with Gasteiger partial charge in [-0.25, -0.2) is 4.98 Å². The number of nitrogens with zero attached hydrogens (tertiary/aromatic N) is 3. The van der Waals surface area contributed by atoms with Gasteiger partial charge in [0.05, 0.1) is 24.4 Å². The molecule has 3 rings (SSSR count). The molecule has 0 bridgehead atoms. The predicted octanol–water partition coefficient (Wildman–Crippen LogP) is 3.66. The summed E-state index contributed by atoms with van der Waals surface area (Å²) in [6, 6.07) is 6.30. The number of carbonyl (C=O) groups is 2. The van der Waals surface area contributed by atoms with Crippen LogP contribution in [-0.2, 0) is 22.3 Å². The molecule has 0 radical (unpaired) electrons. The van der Waals surface area contributed by atoms with Gasteiger partial charge in [-0.05, 0) is 25.1 Å². The standard InChI is InChI=1S/C20H19F3N4O4/c1-3-30-17-10-15-13(11-27(26-15)7-8-31-12(2)28)9-16(17)25-19(29)14-5-4-6-18(24-14)20(21,22)23/h4-6,9-11H,3,7-8H2,1-2H3,(H,25,29). The number of fused-ring (bicyclic) bond motifs is 1. The van der Waals surface area contributed by atoms with E-state index < -0.39 is 23.7 Å². The molecule has 0 unspecified atom stereocenters. The number of anilines is 1. The van der Waals surface area contributed by atoms with Gasteiger partial charge in [-0.15, -0.1) is 0 Å². The van der Waals surface area contributed by atoms with Gasteiger partial charge in [0.25, 0.3) is 5.91 Å². The fraction of sp³-hybridized carbons (Fsp3) is 0.300. The van der Waals surface area contributed by atoms with Crippen LogP contribution in [0.25, 0.3) is 10.9 Å². The van der Waals surface area contributed by atoms with Crippen LogP contribution < -0.4 is 10.1 Å². The molecule has 3 aromatic rings. The van der Waals surface area contributed by atoms with Crippen LogP contribution in [0, 0.1) is 0 Å². The maximum Gasteiger partial charge on any atom is 0.433 e. The van der Waals surface area contributed by atoms with Gasteiger partial charge >= 0.3 is 12.1 Å². The van der Waals surface area contributed by atoms with E-state index in [1.165, 1.54) is 13.0 Å². The van der Waals surface area contributed by atoms with Crippen LogP contribution in [0.15, 0.2) is 36.5 Å². The molecule has 0 aliphatic heterocycles. The molecule has 0 fully saturated rings. The third-order valence-corrected chi connectivity index (χ3v) is 4.10. The van der Waals surface area contributed by atoms with Gasteiger partial charge in [0, 0.05) is 24.6 Å². The number of carbonyl (C=O) groups excluding carboxylic acids is 2. The first-order valence-corrected chi connectivity index (χ1v) is 9.30. The second-order valence-corrected chi connectivity index (χ2v) is 6.43. The van der Waals surface area contributed by atoms with Gasteiger partial charge in [-0.2, -0.15) is 18.3 Å². The molecule has 11 heteroatoms. The fourth-order valence-corrected chi connectivity index (χ4v) is 2.78. The largest absolute Gasteiger partial charge is 0.492 e. The molecule has 1 aromatic carbocycles. The highest BCUT2D eigenvalue weighted by Gasteiger charge is 2.33. The van der Waals surface area contributed by atoms with Crippen molar-refractivity contribution in [1.29, 1.82) is 0 Å². The minimum absolute atomic E-state index is 0.145. The molecule has 0 aliphatic rings. The van der Waals surface area contributed by atoms with Gasteiger partial charge in [-0.3, -0.25) is 14.3 Å². The Hall–Kier alpha value is -3.63. The maximum absolute atomic E-state index is 12.9. The summed E-state index contributed by atoms with van der Waals surface area (Å²) in [6.45, 7) is 3.83. The molecule has 2 heterocycles. The van der Waals surface area contributed by atoms with Crippen LogP contribution in [0.1, 0.15) is 30.0 Å². The van der Waals surface area contributed by atoms with Crippen LogP contribution in [-0.4, -0.2) is 39.9 Å². The van der Waals surface area contributed by atoms with Crippen molar-refractivity contribution in [2.45, 2.75) is 26.6 Å². The number of aromatic nitrogens is 3. The number of alkyl halides is 3. The van der Waals surface area contributed by atoms with E-state index in [4.69, 9.17) is 9.47 Å². The monoisotopic (exact) mass is 436 g/mol. The van der Waals surface area contributed by atoms with Gasteiger partial charge in [0.1, 0.15) is 23.7 Å². The average Bonchev–Trinajstić information content (AvgIpc) is 3.09. The number of ether oxygens (including phenoxy) is 2. The molecule has 0 atom stereocenters. The van der Waals surface area contributed by atoms with Gasteiger partial charge in [0.2, 0.25) is 0 Å². The van der Waals surface area contributed by atoms with E-state index in [2.05, 4.69) is 15.4 Å². The Kier molecular flexibility index (Phi) is 6.42. The first-order chi connectivity index (χ1) is 14.7. The minimum atomic E-state index is -4.66. The molecule has 0 aliphatic carbocycles. The first kappa shape index (κ1) is 22.1. The van der Waals surface area contributed by atoms with Crippen molar-refractivity contribution in [3.8, 4) is 5.75 Å². The fourth-order valence-electron chi connectivity index (χ4n) is 2.78. The Morgan fingerprint density at radius 3 is 2.68 bits per heavy atom. The molecule has 1 amide bonds. The quantitative estimate of drug-likeness (QED) is 0.568. The molecule has 0 saturated carbocycles. The smallest absolute Gasteiger partial charge is 0.433 e. The third kappa shape index (κ3) is 5.50. The van der Waals surface area contributed by atoms with Crippen LogP contribution in [0.3, 0.4) is 0 Å². The van der Waals surface area contributed by atoms with Crippen molar-refractivity contribution in [3.05, 3.63) is 47.9 Å². The molecular weight excluding hydrogens is 417 g/mol. The maximum atomic E-state index is 12.9. The van der Waals surface area contributed by atoms with Crippen LogP contribution >= 0.6 is 0 Å². The van der Waals surface area contributed by atoms with E-state index in [0.717, 1.165) is 12.1 Å². The molecule has 2 aromatic heterocycles. The number of nitrogens with one attached hydrogen (secondary N) is 1. The lowest BCUT2D eigenvalue weighted by Gasteiger charge is -2.12. The number of pyridine rings is 1. The topological polar surface area (TPSA) is 95.3 Å². The van der Waals surface area contributed by atoms with E-state index in [1.54, 1.807) is 29.9 Å².